The monoisotopic (exact) mass is 250 g/mol. The number of esters is 1. The second-order valence-electron chi connectivity index (χ2n) is 3.49. The van der Waals surface area contributed by atoms with E-state index in [1.807, 2.05) is 6.92 Å². The van der Waals surface area contributed by atoms with Gasteiger partial charge in [-0.15, -0.1) is 0 Å². The number of carbonyl (C=O) groups excluding carboxylic acids is 1. The zero-order valence-corrected chi connectivity index (χ0v) is 11.7. The van der Waals surface area contributed by atoms with Gasteiger partial charge in [0, 0.05) is 33.8 Å². The number of carbonyl (C=O) groups is 1. The summed E-state index contributed by atoms with van der Waals surface area (Å²) in [6.45, 7) is 3.63. The second-order valence-corrected chi connectivity index (χ2v) is 6.58. The highest BCUT2D eigenvalue weighted by atomic mass is 28.4. The van der Waals surface area contributed by atoms with Gasteiger partial charge in [-0.05, 0) is 13.3 Å². The molecular formula is C10H22O5Si. The molecular weight excluding hydrogens is 228 g/mol. The minimum Gasteiger partial charge on any atom is -0.463 e. The third-order valence-electron chi connectivity index (χ3n) is 2.41. The van der Waals surface area contributed by atoms with Crippen molar-refractivity contribution in [2.75, 3.05) is 21.3 Å². The molecule has 0 saturated carbocycles. The lowest BCUT2D eigenvalue weighted by molar-refractivity contribution is -0.148. The molecule has 0 N–H and O–H groups in total. The summed E-state index contributed by atoms with van der Waals surface area (Å²) in [5, 5.41) is 0. The topological polar surface area (TPSA) is 54.0 Å². The van der Waals surface area contributed by atoms with Crippen LogP contribution in [0.15, 0.2) is 0 Å². The summed E-state index contributed by atoms with van der Waals surface area (Å²) in [6.07, 6.45) is 0.930. The molecule has 5 nitrogen and oxygen atoms in total. The van der Waals surface area contributed by atoms with Crippen LogP contribution in [0.5, 0.6) is 0 Å². The third-order valence-corrected chi connectivity index (χ3v) is 5.18. The SMILES string of the molecule is CCC(=O)OC(C)CC[Si](OC)(OC)OC. The second kappa shape index (κ2) is 7.78. The standard InChI is InChI=1S/C10H22O5Si/c1-6-10(11)15-9(2)7-8-16(12-3,13-4)14-5/h9H,6-8H2,1-5H3. The third kappa shape index (κ3) is 5.07. The lowest BCUT2D eigenvalue weighted by Gasteiger charge is -2.25. The summed E-state index contributed by atoms with van der Waals surface area (Å²) in [4.78, 5) is 11.1. The van der Waals surface area contributed by atoms with Gasteiger partial charge in [-0.25, -0.2) is 0 Å². The Morgan fingerprint density at radius 2 is 1.69 bits per heavy atom. The number of ether oxygens (including phenoxy) is 1. The normalized spacial score (nSPS) is 13.6. The minimum absolute atomic E-state index is 0.139. The fourth-order valence-electron chi connectivity index (χ4n) is 1.30. The molecule has 0 heterocycles. The van der Waals surface area contributed by atoms with Crippen molar-refractivity contribution >= 4 is 14.8 Å². The maximum absolute atomic E-state index is 11.1. The van der Waals surface area contributed by atoms with Crippen molar-refractivity contribution in [3.63, 3.8) is 0 Å². The number of rotatable bonds is 8. The largest absolute Gasteiger partial charge is 0.500 e. The molecule has 1 unspecified atom stereocenters. The zero-order valence-electron chi connectivity index (χ0n) is 10.7. The molecule has 0 aliphatic carbocycles. The van der Waals surface area contributed by atoms with Crippen LogP contribution in [-0.4, -0.2) is 42.2 Å². The lowest BCUT2D eigenvalue weighted by Crippen LogP contribution is -2.43. The molecule has 0 aliphatic rings. The lowest BCUT2D eigenvalue weighted by atomic mass is 10.3. The molecule has 96 valence electrons. The van der Waals surface area contributed by atoms with Crippen molar-refractivity contribution in [2.24, 2.45) is 0 Å². The van der Waals surface area contributed by atoms with Crippen LogP contribution >= 0.6 is 0 Å². The Morgan fingerprint density at radius 3 is 2.06 bits per heavy atom. The Hall–Kier alpha value is -0.433. The van der Waals surface area contributed by atoms with Gasteiger partial charge in [0.1, 0.15) is 0 Å². The van der Waals surface area contributed by atoms with Crippen LogP contribution < -0.4 is 0 Å². The Balaban J connectivity index is 4.05. The fraction of sp³-hybridized carbons (Fsp3) is 0.900. The minimum atomic E-state index is -2.53. The Morgan fingerprint density at radius 1 is 1.19 bits per heavy atom. The van der Waals surface area contributed by atoms with E-state index in [1.165, 1.54) is 0 Å². The van der Waals surface area contributed by atoms with Gasteiger partial charge < -0.3 is 18.0 Å². The van der Waals surface area contributed by atoms with Gasteiger partial charge in [0.05, 0.1) is 6.10 Å². The Kier molecular flexibility index (Phi) is 7.57. The summed E-state index contributed by atoms with van der Waals surface area (Å²) in [5.74, 6) is -0.188. The predicted octanol–water partition coefficient (Wildman–Crippen LogP) is 1.60. The predicted molar refractivity (Wildman–Crippen MR) is 62.1 cm³/mol. The maximum atomic E-state index is 11.1. The summed E-state index contributed by atoms with van der Waals surface area (Å²) >= 11 is 0. The van der Waals surface area contributed by atoms with Gasteiger partial charge in [0.25, 0.3) is 0 Å². The van der Waals surface area contributed by atoms with Crippen LogP contribution in [0, 0.1) is 0 Å². The van der Waals surface area contributed by atoms with Crippen LogP contribution in [0.3, 0.4) is 0 Å². The van der Waals surface area contributed by atoms with Gasteiger partial charge in [0.2, 0.25) is 0 Å². The van der Waals surface area contributed by atoms with Gasteiger partial charge in [-0.2, -0.15) is 0 Å². The molecule has 0 saturated heterocycles. The molecule has 0 radical (unpaired) electrons. The summed E-state index contributed by atoms with van der Waals surface area (Å²) < 4.78 is 21.0. The first-order valence-electron chi connectivity index (χ1n) is 5.38. The van der Waals surface area contributed by atoms with Crippen molar-refractivity contribution < 1.29 is 22.8 Å². The molecule has 0 rings (SSSR count). The van der Waals surface area contributed by atoms with E-state index in [2.05, 4.69) is 0 Å². The first kappa shape index (κ1) is 15.6. The van der Waals surface area contributed by atoms with Crippen LogP contribution in [-0.2, 0) is 22.8 Å². The Bertz CT molecular complexity index is 197. The van der Waals surface area contributed by atoms with E-state index in [1.54, 1.807) is 28.3 Å². The van der Waals surface area contributed by atoms with Crippen LogP contribution in [0.2, 0.25) is 6.04 Å². The first-order chi connectivity index (χ1) is 7.53. The van der Waals surface area contributed by atoms with E-state index in [-0.39, 0.29) is 12.1 Å². The van der Waals surface area contributed by atoms with Gasteiger partial charge in [0.15, 0.2) is 0 Å². The van der Waals surface area contributed by atoms with Gasteiger partial charge in [-0.1, -0.05) is 6.92 Å². The molecule has 0 aliphatic heterocycles. The molecule has 0 amide bonds. The summed E-state index contributed by atoms with van der Waals surface area (Å²) in [6, 6.07) is 0.634. The average molecular weight is 250 g/mol. The molecule has 0 fully saturated rings. The summed E-state index contributed by atoms with van der Waals surface area (Å²) in [5.41, 5.74) is 0. The first-order valence-corrected chi connectivity index (χ1v) is 7.31. The highest BCUT2D eigenvalue weighted by molar-refractivity contribution is 6.60. The number of hydrogen-bond acceptors (Lipinski definition) is 5. The van der Waals surface area contributed by atoms with Crippen molar-refractivity contribution in [1.29, 1.82) is 0 Å². The molecule has 1 atom stereocenters. The highest BCUT2D eigenvalue weighted by Crippen LogP contribution is 2.17. The van der Waals surface area contributed by atoms with E-state index in [9.17, 15) is 4.79 Å². The molecule has 0 aromatic rings. The van der Waals surface area contributed by atoms with E-state index >= 15 is 0 Å². The van der Waals surface area contributed by atoms with E-state index in [0.29, 0.717) is 18.9 Å². The molecule has 0 bridgehead atoms. The van der Waals surface area contributed by atoms with E-state index in [0.717, 1.165) is 0 Å². The smallest absolute Gasteiger partial charge is 0.463 e. The van der Waals surface area contributed by atoms with Crippen LogP contribution in [0.4, 0.5) is 0 Å². The van der Waals surface area contributed by atoms with Crippen molar-refractivity contribution in [3.05, 3.63) is 0 Å². The van der Waals surface area contributed by atoms with E-state index < -0.39 is 8.80 Å². The van der Waals surface area contributed by atoms with Crippen molar-refractivity contribution in [3.8, 4) is 0 Å². The van der Waals surface area contributed by atoms with Crippen LogP contribution in [0.25, 0.3) is 0 Å². The number of hydrogen-bond donors (Lipinski definition) is 0. The van der Waals surface area contributed by atoms with Crippen molar-refractivity contribution in [2.45, 2.75) is 38.8 Å². The maximum Gasteiger partial charge on any atom is 0.500 e. The Labute approximate surface area is 98.4 Å². The molecule has 16 heavy (non-hydrogen) atoms. The quantitative estimate of drug-likeness (QED) is 0.484. The molecule has 0 spiro atoms. The van der Waals surface area contributed by atoms with Gasteiger partial charge in [-0.3, -0.25) is 4.79 Å². The average Bonchev–Trinajstić information content (AvgIpc) is 2.31. The van der Waals surface area contributed by atoms with Crippen LogP contribution in [0.1, 0.15) is 26.7 Å². The summed E-state index contributed by atoms with van der Waals surface area (Å²) in [7, 11) is 2.18. The van der Waals surface area contributed by atoms with Gasteiger partial charge >= 0.3 is 14.8 Å². The highest BCUT2D eigenvalue weighted by Gasteiger charge is 2.37. The molecule has 0 aromatic heterocycles. The molecule has 6 heteroatoms. The zero-order chi connectivity index (χ0) is 12.6. The fourth-order valence-corrected chi connectivity index (χ4v) is 3.18. The van der Waals surface area contributed by atoms with Crippen molar-refractivity contribution in [1.82, 2.24) is 0 Å². The van der Waals surface area contributed by atoms with E-state index in [4.69, 9.17) is 18.0 Å². The molecule has 0 aromatic carbocycles.